The van der Waals surface area contributed by atoms with Crippen LogP contribution in [0.25, 0.3) is 0 Å². The lowest BCUT2D eigenvalue weighted by Gasteiger charge is -2.41. The molecule has 8 unspecified atom stereocenters. The zero-order valence-electron chi connectivity index (χ0n) is 56.6. The first-order valence-electron chi connectivity index (χ1n) is 37.1. The van der Waals surface area contributed by atoms with Gasteiger partial charge in [-0.05, 0) is 70.6 Å². The molecule has 6 N–H and O–H groups in total. The second-order valence-corrected chi connectivity index (χ2v) is 25.7. The average molecular weight is 1230 g/mol. The Morgan fingerprint density at radius 2 is 0.793 bits per heavy atom. The molecule has 0 aromatic heterocycles. The van der Waals surface area contributed by atoms with Crippen molar-refractivity contribution in [2.75, 3.05) is 13.2 Å². The van der Waals surface area contributed by atoms with Crippen LogP contribution in [0.2, 0.25) is 0 Å². The van der Waals surface area contributed by atoms with E-state index in [0.29, 0.717) is 19.3 Å². The van der Waals surface area contributed by atoms with Crippen molar-refractivity contribution < 1.29 is 49.3 Å². The Morgan fingerprint density at radius 1 is 0.448 bits per heavy atom. The van der Waals surface area contributed by atoms with Gasteiger partial charge in [-0.3, -0.25) is 9.59 Å². The monoisotopic (exact) mass is 1230 g/mol. The van der Waals surface area contributed by atoms with Crippen molar-refractivity contribution in [2.45, 2.75) is 397 Å². The Labute approximate surface area is 535 Å². The smallest absolute Gasteiger partial charge is 0.306 e. The molecule has 0 aromatic carbocycles. The van der Waals surface area contributed by atoms with Crippen LogP contribution >= 0.6 is 0 Å². The molecule has 11 heteroatoms. The van der Waals surface area contributed by atoms with E-state index in [2.05, 4.69) is 74.7 Å². The topological polar surface area (TPSA) is 175 Å². The number of carbonyl (C=O) groups is 2. The largest absolute Gasteiger partial charge is 0.454 e. The fourth-order valence-electron chi connectivity index (χ4n) is 11.6. The maximum Gasteiger partial charge on any atom is 0.306 e. The van der Waals surface area contributed by atoms with Gasteiger partial charge < -0.3 is 45.1 Å². The lowest BCUT2D eigenvalue weighted by Crippen LogP contribution is -2.61. The third kappa shape index (κ3) is 50.7. The van der Waals surface area contributed by atoms with E-state index in [9.17, 15) is 35.1 Å². The van der Waals surface area contributed by atoms with Gasteiger partial charge in [0, 0.05) is 6.42 Å². The number of hydrogen-bond donors (Lipinski definition) is 6. The minimum Gasteiger partial charge on any atom is -0.454 e. The van der Waals surface area contributed by atoms with Crippen LogP contribution < -0.4 is 5.32 Å². The second-order valence-electron chi connectivity index (χ2n) is 25.7. The highest BCUT2D eigenvalue weighted by molar-refractivity contribution is 5.80. The van der Waals surface area contributed by atoms with Crippen molar-refractivity contribution in [3.63, 3.8) is 0 Å². The van der Waals surface area contributed by atoms with Crippen molar-refractivity contribution in [1.82, 2.24) is 5.32 Å². The van der Waals surface area contributed by atoms with Crippen LogP contribution in [0.15, 0.2) is 60.8 Å². The highest BCUT2D eigenvalue weighted by Crippen LogP contribution is 2.26. The highest BCUT2D eigenvalue weighted by Gasteiger charge is 2.47. The summed E-state index contributed by atoms with van der Waals surface area (Å²) >= 11 is 0. The summed E-state index contributed by atoms with van der Waals surface area (Å²) in [5.41, 5.74) is 0. The van der Waals surface area contributed by atoms with Crippen LogP contribution in [0.3, 0.4) is 0 Å². The summed E-state index contributed by atoms with van der Waals surface area (Å²) in [6, 6.07) is -1.03. The number of rotatable bonds is 64. The van der Waals surface area contributed by atoms with Gasteiger partial charge in [0.05, 0.1) is 25.4 Å². The molecule has 1 aliphatic heterocycles. The molecule has 11 nitrogen and oxygen atoms in total. The number of amides is 1. The number of unbranched alkanes of at least 4 members (excludes halogenated alkanes) is 42. The van der Waals surface area contributed by atoms with Gasteiger partial charge in [-0.1, -0.05) is 332 Å². The Morgan fingerprint density at radius 3 is 1.21 bits per heavy atom. The normalized spacial score (nSPS) is 18.6. The number of hydrogen-bond acceptors (Lipinski definition) is 10. The summed E-state index contributed by atoms with van der Waals surface area (Å²) in [4.78, 5) is 26.7. The predicted molar refractivity (Wildman–Crippen MR) is 366 cm³/mol. The summed E-state index contributed by atoms with van der Waals surface area (Å²) in [6.07, 6.45) is 71.1. The molecule has 1 heterocycles. The summed E-state index contributed by atoms with van der Waals surface area (Å²) < 4.78 is 17.7. The highest BCUT2D eigenvalue weighted by atomic mass is 16.7. The number of allylic oxidation sites excluding steroid dienone is 9. The van der Waals surface area contributed by atoms with Gasteiger partial charge in [-0.15, -0.1) is 0 Å². The van der Waals surface area contributed by atoms with E-state index in [1.54, 1.807) is 6.08 Å². The first-order chi connectivity index (χ1) is 42.7. The quantitative estimate of drug-likeness (QED) is 0.0195. The van der Waals surface area contributed by atoms with Crippen molar-refractivity contribution in [3.05, 3.63) is 60.8 Å². The molecule has 1 fully saturated rings. The molecule has 0 saturated carbocycles. The molecule has 508 valence electrons. The summed E-state index contributed by atoms with van der Waals surface area (Å²) in [5.74, 6) is -1.19. The van der Waals surface area contributed by atoms with Gasteiger partial charge in [0.1, 0.15) is 24.4 Å². The van der Waals surface area contributed by atoms with Crippen LogP contribution in [0, 0.1) is 0 Å². The van der Waals surface area contributed by atoms with E-state index in [4.69, 9.17) is 14.2 Å². The molecule has 0 aromatic rings. The van der Waals surface area contributed by atoms with Gasteiger partial charge in [0.25, 0.3) is 0 Å². The third-order valence-corrected chi connectivity index (χ3v) is 17.4. The van der Waals surface area contributed by atoms with Gasteiger partial charge in [-0.2, -0.15) is 0 Å². The van der Waals surface area contributed by atoms with Crippen molar-refractivity contribution in [2.24, 2.45) is 0 Å². The number of nitrogens with one attached hydrogen (secondary N) is 1. The summed E-state index contributed by atoms with van der Waals surface area (Å²) in [5, 5.41) is 57.3. The lowest BCUT2D eigenvalue weighted by molar-refractivity contribution is -0.305. The molecule has 1 saturated heterocycles. The molecule has 0 aliphatic carbocycles. The van der Waals surface area contributed by atoms with Crippen molar-refractivity contribution >= 4 is 11.9 Å². The molecule has 1 amide bonds. The molecular formula is C76H139NO10. The predicted octanol–water partition coefficient (Wildman–Crippen LogP) is 19.3. The van der Waals surface area contributed by atoms with Gasteiger partial charge in [0.2, 0.25) is 5.91 Å². The van der Waals surface area contributed by atoms with E-state index in [-0.39, 0.29) is 13.0 Å². The SMILES string of the molecule is CCCCC/C=C\C/C=C\C/C=C\C/C=C\CCCCCCCCCCCC(=O)OC1C(OCC(NC(=O)C(O)CCCCCCCCCCCCCCCCCCCCCC)C(O)/C=C/CCCCCCCCCCCCC)OC(CO)C(O)C1O. The van der Waals surface area contributed by atoms with Crippen LogP contribution in [0.4, 0.5) is 0 Å². The first kappa shape index (κ1) is 82.4. The molecule has 0 spiro atoms. The van der Waals surface area contributed by atoms with Crippen LogP contribution in [-0.2, 0) is 23.8 Å². The van der Waals surface area contributed by atoms with Crippen LogP contribution in [0.5, 0.6) is 0 Å². The number of carbonyl (C=O) groups excluding carboxylic acids is 2. The van der Waals surface area contributed by atoms with E-state index >= 15 is 0 Å². The maximum atomic E-state index is 13.5. The average Bonchev–Trinajstić information content (AvgIpc) is 2.32. The summed E-state index contributed by atoms with van der Waals surface area (Å²) in [6.45, 7) is 5.81. The summed E-state index contributed by atoms with van der Waals surface area (Å²) in [7, 11) is 0. The Hall–Kier alpha value is -2.64. The maximum absolute atomic E-state index is 13.5. The van der Waals surface area contributed by atoms with Crippen molar-refractivity contribution in [3.8, 4) is 0 Å². The van der Waals surface area contributed by atoms with Gasteiger partial charge in [0.15, 0.2) is 12.4 Å². The van der Waals surface area contributed by atoms with E-state index in [1.807, 2.05) is 6.08 Å². The Bertz CT molecular complexity index is 1650. The second kappa shape index (κ2) is 63.5. The molecule has 1 rings (SSSR count). The standard InChI is InChI=1S/C76H139NO10/c1-4-7-10-13-16-19-22-25-27-29-31-33-34-35-36-37-39-41-43-46-49-52-55-58-61-64-71(81)87-74-73(83)72(82)70(65-78)86-76(74)85-66-67(68(79)62-59-56-53-50-47-44-24-21-18-15-12-9-6-3)77-75(84)69(80)63-60-57-54-51-48-45-42-40-38-32-30-28-26-23-20-17-14-11-8-5-2/h16,19,25,27,31,33,35-36,59,62,67-70,72-74,76,78-80,82-83H,4-15,17-18,20-24,26,28-30,32,34,37-58,60-61,63-66H2,1-3H3,(H,77,84)/b19-16-,27-25-,33-31-,36-35-,62-59+. The molecule has 87 heavy (non-hydrogen) atoms. The Balaban J connectivity index is 2.57. The van der Waals surface area contributed by atoms with Crippen molar-refractivity contribution in [1.29, 1.82) is 0 Å². The minimum atomic E-state index is -1.62. The van der Waals surface area contributed by atoms with E-state index in [1.165, 1.54) is 212 Å². The van der Waals surface area contributed by atoms with Gasteiger partial charge in [-0.25, -0.2) is 0 Å². The number of aliphatic hydroxyl groups is 5. The molecular weight excluding hydrogens is 1090 g/mol. The number of esters is 1. The fourth-order valence-corrected chi connectivity index (χ4v) is 11.6. The fraction of sp³-hybridized carbons (Fsp3) is 0.842. The molecule has 0 bridgehead atoms. The minimum absolute atomic E-state index is 0.117. The molecule has 0 radical (unpaired) electrons. The first-order valence-corrected chi connectivity index (χ1v) is 37.1. The molecule has 1 aliphatic rings. The van der Waals surface area contributed by atoms with E-state index < -0.39 is 67.4 Å². The number of aliphatic hydroxyl groups excluding tert-OH is 5. The third-order valence-electron chi connectivity index (χ3n) is 17.4. The Kier molecular flexibility index (Phi) is 60.1. The van der Waals surface area contributed by atoms with Gasteiger partial charge >= 0.3 is 5.97 Å². The lowest BCUT2D eigenvalue weighted by atomic mass is 9.99. The number of ether oxygens (including phenoxy) is 3. The molecule has 8 atom stereocenters. The zero-order valence-corrected chi connectivity index (χ0v) is 56.6. The van der Waals surface area contributed by atoms with Crippen LogP contribution in [-0.4, -0.2) is 99.6 Å². The zero-order chi connectivity index (χ0) is 63.1. The van der Waals surface area contributed by atoms with Crippen LogP contribution in [0.1, 0.15) is 348 Å². The van der Waals surface area contributed by atoms with E-state index in [0.717, 1.165) is 89.9 Å².